The zero-order valence-corrected chi connectivity index (χ0v) is 38.4. The van der Waals surface area contributed by atoms with E-state index in [0.717, 1.165) is 83.5 Å². The smallest absolute Gasteiger partial charge is 0.306 e. The number of hydrogen-bond donors (Lipinski definition) is 3. The van der Waals surface area contributed by atoms with Gasteiger partial charge in [0, 0.05) is 6.42 Å². The average Bonchev–Trinajstić information content (AvgIpc) is 3.22. The molecule has 3 unspecified atom stereocenters. The van der Waals surface area contributed by atoms with Crippen LogP contribution in [0.4, 0.5) is 0 Å². The molecule has 0 aromatic carbocycles. The predicted octanol–water partition coefficient (Wildman–Crippen LogP) is 14.7. The van der Waals surface area contributed by atoms with Crippen LogP contribution in [-0.4, -0.2) is 46.9 Å². The Morgan fingerprint density at radius 2 is 0.966 bits per heavy atom. The van der Waals surface area contributed by atoms with Gasteiger partial charge in [-0.3, -0.25) is 9.59 Å². The van der Waals surface area contributed by atoms with Crippen LogP contribution in [0.5, 0.6) is 0 Å². The number of rotatable bonds is 44. The van der Waals surface area contributed by atoms with Gasteiger partial charge in [-0.15, -0.1) is 0 Å². The molecule has 0 aliphatic rings. The first-order valence-corrected chi connectivity index (χ1v) is 24.9. The fourth-order valence-electron chi connectivity index (χ4n) is 7.43. The molecule has 0 saturated carbocycles. The molecule has 6 nitrogen and oxygen atoms in total. The van der Waals surface area contributed by atoms with E-state index < -0.39 is 18.2 Å². The Kier molecular flexibility index (Phi) is 44.2. The van der Waals surface area contributed by atoms with Crippen molar-refractivity contribution in [3.05, 3.63) is 48.6 Å². The fourth-order valence-corrected chi connectivity index (χ4v) is 7.43. The summed E-state index contributed by atoms with van der Waals surface area (Å²) in [5.41, 5.74) is 0. The zero-order chi connectivity index (χ0) is 42.4. The number of amides is 1. The lowest BCUT2D eigenvalue weighted by Crippen LogP contribution is -2.46. The average molecular weight is 814 g/mol. The Bertz CT molecular complexity index is 1000. The third kappa shape index (κ3) is 40.6. The summed E-state index contributed by atoms with van der Waals surface area (Å²) in [6.45, 7) is 6.33. The Hall–Kier alpha value is -2.18. The fraction of sp³-hybridized carbons (Fsp3) is 0.808. The molecule has 0 rings (SSSR count). The molecule has 58 heavy (non-hydrogen) atoms. The van der Waals surface area contributed by atoms with E-state index in [1.165, 1.54) is 116 Å². The highest BCUT2D eigenvalue weighted by atomic mass is 16.5. The van der Waals surface area contributed by atoms with Gasteiger partial charge in [0.15, 0.2) is 0 Å². The van der Waals surface area contributed by atoms with Crippen molar-refractivity contribution in [1.82, 2.24) is 5.32 Å². The number of hydrogen-bond acceptors (Lipinski definition) is 5. The third-order valence-electron chi connectivity index (χ3n) is 11.2. The zero-order valence-electron chi connectivity index (χ0n) is 38.4. The molecule has 338 valence electrons. The normalized spacial score (nSPS) is 13.7. The van der Waals surface area contributed by atoms with Crippen molar-refractivity contribution < 1.29 is 24.5 Å². The summed E-state index contributed by atoms with van der Waals surface area (Å²) in [4.78, 5) is 26.0. The van der Waals surface area contributed by atoms with Crippen LogP contribution in [-0.2, 0) is 14.3 Å². The molecule has 0 aromatic rings. The highest BCUT2D eigenvalue weighted by molar-refractivity contribution is 5.77. The second-order valence-corrected chi connectivity index (χ2v) is 16.9. The van der Waals surface area contributed by atoms with Gasteiger partial charge in [0.2, 0.25) is 5.91 Å². The van der Waals surface area contributed by atoms with Gasteiger partial charge in [-0.1, -0.05) is 217 Å². The topological polar surface area (TPSA) is 95.9 Å². The maximum atomic E-state index is 13.2. The van der Waals surface area contributed by atoms with Crippen LogP contribution >= 0.6 is 0 Å². The first kappa shape index (κ1) is 55.8. The first-order valence-electron chi connectivity index (χ1n) is 24.9. The molecule has 0 saturated heterocycles. The second-order valence-electron chi connectivity index (χ2n) is 16.9. The quantitative estimate of drug-likeness (QED) is 0.0246. The minimum atomic E-state index is -0.797. The highest BCUT2D eigenvalue weighted by Crippen LogP contribution is 2.17. The Morgan fingerprint density at radius 3 is 1.48 bits per heavy atom. The summed E-state index contributed by atoms with van der Waals surface area (Å²) in [6.07, 6.45) is 54.6. The van der Waals surface area contributed by atoms with Gasteiger partial charge < -0.3 is 20.3 Å². The van der Waals surface area contributed by atoms with Gasteiger partial charge in [0.1, 0.15) is 6.10 Å². The molecule has 3 N–H and O–H groups in total. The molecule has 0 radical (unpaired) electrons. The van der Waals surface area contributed by atoms with E-state index in [0.29, 0.717) is 19.3 Å². The molecule has 0 aliphatic heterocycles. The summed E-state index contributed by atoms with van der Waals surface area (Å²) in [6, 6.07) is -0.713. The van der Waals surface area contributed by atoms with Crippen LogP contribution in [0.15, 0.2) is 48.6 Å². The predicted molar refractivity (Wildman–Crippen MR) is 250 cm³/mol. The van der Waals surface area contributed by atoms with Crippen molar-refractivity contribution in [3.63, 3.8) is 0 Å². The molecule has 0 fully saturated rings. The lowest BCUT2D eigenvalue weighted by molar-refractivity contribution is -0.151. The number of unbranched alkanes of at least 4 members (excludes halogenated alkanes) is 26. The lowest BCUT2D eigenvalue weighted by atomic mass is 10.0. The highest BCUT2D eigenvalue weighted by Gasteiger charge is 2.24. The number of ether oxygens (including phenoxy) is 1. The standard InChI is InChI=1S/C52H95NO5/c1-4-7-10-13-16-19-22-24-25-27-29-32-35-38-41-44-50(55)49(47-54)53-51(56)46-48(43-40-37-34-31-28-21-18-15-12-9-6-3)58-52(57)45-42-39-36-33-30-26-23-20-17-14-11-8-5-2/h8,11,14,17,20,23,31,34,48-50,54-55H,4-7,9-10,12-13,15-16,18-19,21-22,24-30,32-33,35-47H2,1-3H3,(H,53,56)/b11-8+,17-14+,23-20-,34-31-. The Morgan fingerprint density at radius 1 is 0.517 bits per heavy atom. The van der Waals surface area contributed by atoms with E-state index in [1.54, 1.807) is 0 Å². The van der Waals surface area contributed by atoms with Crippen molar-refractivity contribution in [1.29, 1.82) is 0 Å². The number of carbonyl (C=O) groups excluding carboxylic acids is 2. The van der Waals surface area contributed by atoms with Gasteiger partial charge in [-0.05, 0) is 64.2 Å². The largest absolute Gasteiger partial charge is 0.462 e. The van der Waals surface area contributed by atoms with Crippen LogP contribution < -0.4 is 5.32 Å². The molecule has 3 atom stereocenters. The summed E-state index contributed by atoms with van der Waals surface area (Å²) < 4.78 is 5.89. The maximum absolute atomic E-state index is 13.2. The number of allylic oxidation sites excluding steroid dienone is 8. The van der Waals surface area contributed by atoms with E-state index in [9.17, 15) is 19.8 Å². The third-order valence-corrected chi connectivity index (χ3v) is 11.2. The Labute approximate surface area is 359 Å². The summed E-state index contributed by atoms with van der Waals surface area (Å²) in [7, 11) is 0. The summed E-state index contributed by atoms with van der Waals surface area (Å²) in [5.74, 6) is -0.525. The minimum Gasteiger partial charge on any atom is -0.462 e. The molecule has 0 aromatic heterocycles. The van der Waals surface area contributed by atoms with E-state index >= 15 is 0 Å². The van der Waals surface area contributed by atoms with Gasteiger partial charge in [-0.2, -0.15) is 0 Å². The van der Waals surface area contributed by atoms with Crippen molar-refractivity contribution in [2.45, 2.75) is 264 Å². The van der Waals surface area contributed by atoms with Gasteiger partial charge in [0.05, 0.1) is 25.2 Å². The summed E-state index contributed by atoms with van der Waals surface area (Å²) >= 11 is 0. The van der Waals surface area contributed by atoms with Gasteiger partial charge >= 0.3 is 5.97 Å². The number of aliphatic hydroxyl groups excluding tert-OH is 2. The first-order chi connectivity index (χ1) is 28.5. The van der Waals surface area contributed by atoms with Crippen molar-refractivity contribution in [2.75, 3.05) is 6.61 Å². The Balaban J connectivity index is 4.56. The molecule has 0 heterocycles. The molecule has 0 aliphatic carbocycles. The molecule has 0 spiro atoms. The molecule has 1 amide bonds. The molecule has 0 bridgehead atoms. The van der Waals surface area contributed by atoms with Crippen LogP contribution in [0, 0.1) is 0 Å². The van der Waals surface area contributed by atoms with E-state index in [1.807, 2.05) is 0 Å². The van der Waals surface area contributed by atoms with Crippen LogP contribution in [0.2, 0.25) is 0 Å². The van der Waals surface area contributed by atoms with Crippen molar-refractivity contribution >= 4 is 11.9 Å². The number of carbonyl (C=O) groups is 2. The van der Waals surface area contributed by atoms with E-state index in [4.69, 9.17) is 4.74 Å². The number of nitrogens with one attached hydrogen (secondary N) is 1. The minimum absolute atomic E-state index is 0.0486. The van der Waals surface area contributed by atoms with Gasteiger partial charge in [-0.25, -0.2) is 0 Å². The van der Waals surface area contributed by atoms with Crippen LogP contribution in [0.1, 0.15) is 245 Å². The van der Waals surface area contributed by atoms with Crippen molar-refractivity contribution in [2.24, 2.45) is 0 Å². The van der Waals surface area contributed by atoms with E-state index in [2.05, 4.69) is 74.7 Å². The van der Waals surface area contributed by atoms with Crippen LogP contribution in [0.25, 0.3) is 0 Å². The number of esters is 1. The monoisotopic (exact) mass is 814 g/mol. The van der Waals surface area contributed by atoms with Gasteiger partial charge in [0.25, 0.3) is 0 Å². The number of aliphatic hydroxyl groups is 2. The summed E-state index contributed by atoms with van der Waals surface area (Å²) in [5, 5.41) is 23.7. The van der Waals surface area contributed by atoms with E-state index in [-0.39, 0.29) is 24.9 Å². The lowest BCUT2D eigenvalue weighted by Gasteiger charge is -2.24. The second kappa shape index (κ2) is 45.9. The molecular formula is C52H95NO5. The maximum Gasteiger partial charge on any atom is 0.306 e. The molecular weight excluding hydrogens is 719 g/mol. The molecule has 6 heteroatoms. The van der Waals surface area contributed by atoms with Crippen molar-refractivity contribution in [3.8, 4) is 0 Å². The van der Waals surface area contributed by atoms with Crippen LogP contribution in [0.3, 0.4) is 0 Å². The SMILES string of the molecule is CC/C=C/C=C/C=C\CCCCCCCC(=O)OC(CCC/C=C\CCCCCCCC)CC(=O)NC(CO)C(O)CCCCCCCCCCCCCCCCC.